The third-order valence-corrected chi connectivity index (χ3v) is 16.2. The van der Waals surface area contributed by atoms with E-state index in [4.69, 9.17) is 0 Å². The molecular formula is C66H24B3Cl3F30Zr3. The van der Waals surface area contributed by atoms with Gasteiger partial charge in [0.25, 0.3) is 0 Å². The van der Waals surface area contributed by atoms with Crippen molar-refractivity contribution < 1.29 is 248 Å². The predicted molar refractivity (Wildman–Crippen MR) is 304 cm³/mol. The van der Waals surface area contributed by atoms with Crippen LogP contribution in [-0.2, 0) is 78.6 Å². The van der Waals surface area contributed by atoms with Gasteiger partial charge in [-0.25, -0.2) is 132 Å². The molecule has 105 heavy (non-hydrogen) atoms. The molecule has 12 aromatic carbocycles. The molecule has 0 aliphatic rings. The Balaban J connectivity index is 0.000000324. The number of halogens is 33. The molecule has 0 fully saturated rings. The molecule has 0 bridgehead atoms. The number of hydrogen-bond acceptors (Lipinski definition) is 0. The third-order valence-electron chi connectivity index (χ3n) is 16.2. The Morgan fingerprint density at radius 1 is 0.190 bits per heavy atom. The summed E-state index contributed by atoms with van der Waals surface area (Å²) in [6.07, 6.45) is 0. The summed E-state index contributed by atoms with van der Waals surface area (Å²) in [6, 6.07) is 21.2. The zero-order valence-corrected chi connectivity index (χ0v) is 61.0. The fraction of sp³-hybridized carbons (Fsp3) is 0.0455. The Hall–Kier alpha value is -6.58. The summed E-state index contributed by atoms with van der Waals surface area (Å²) < 4.78 is 427. The van der Waals surface area contributed by atoms with Crippen LogP contribution in [0.4, 0.5) is 132 Å². The summed E-state index contributed by atoms with van der Waals surface area (Å²) in [5.41, 5.74) is -11.6. The van der Waals surface area contributed by atoms with Gasteiger partial charge in [-0.05, 0) is 32.8 Å². The van der Waals surface area contributed by atoms with Crippen LogP contribution in [0.25, 0.3) is 32.3 Å². The molecule has 0 aromatic heterocycles. The van der Waals surface area contributed by atoms with E-state index in [1.165, 1.54) is 112 Å². The molecule has 0 aliphatic carbocycles. The van der Waals surface area contributed by atoms with Crippen molar-refractivity contribution in [2.75, 3.05) is 0 Å². The molecule has 0 atom stereocenters. The average Bonchev–Trinajstić information content (AvgIpc) is 1.73. The largest absolute Gasteiger partial charge is 2.00 e. The van der Waals surface area contributed by atoms with Crippen LogP contribution in [0.1, 0.15) is 16.7 Å². The zero-order chi connectivity index (χ0) is 73.1. The quantitative estimate of drug-likeness (QED) is 0.0604. The number of rotatable bonds is 9. The Bertz CT molecular complexity index is 4500. The summed E-state index contributed by atoms with van der Waals surface area (Å²) >= 11 is 0. The average molecular weight is 1800 g/mol. The van der Waals surface area contributed by atoms with Gasteiger partial charge in [0, 0.05) is 0 Å². The van der Waals surface area contributed by atoms with Crippen LogP contribution < -0.4 is 86.4 Å². The molecule has 0 N–H and O–H groups in total. The molecule has 0 spiro atoms. The molecule has 0 nitrogen and oxygen atoms in total. The van der Waals surface area contributed by atoms with E-state index in [1.807, 2.05) is 0 Å². The Morgan fingerprint density at radius 2 is 0.305 bits per heavy atom. The number of benzene rings is 9. The van der Waals surface area contributed by atoms with Crippen molar-refractivity contribution in [1.29, 1.82) is 0 Å². The second-order valence-electron chi connectivity index (χ2n) is 21.7. The molecule has 0 heterocycles. The van der Waals surface area contributed by atoms with Gasteiger partial charge in [-0.2, -0.15) is 34.4 Å². The third kappa shape index (κ3) is 15.1. The Morgan fingerprint density at radius 3 is 0.438 bits per heavy atom. The molecule has 0 saturated carbocycles. The second kappa shape index (κ2) is 34.8. The number of fused-ring (bicyclic) bond motifs is 3. The predicted octanol–water partition coefficient (Wildman–Crippen LogP) is 5.33. The van der Waals surface area contributed by atoms with Gasteiger partial charge in [-0.1, -0.05) is 39.0 Å². The van der Waals surface area contributed by atoms with Crippen molar-refractivity contribution >= 4 is 102 Å². The van der Waals surface area contributed by atoms with E-state index in [0.717, 1.165) is 0 Å². The second-order valence-corrected chi connectivity index (χ2v) is 21.7. The van der Waals surface area contributed by atoms with Crippen molar-refractivity contribution in [3.05, 3.63) is 282 Å². The summed E-state index contributed by atoms with van der Waals surface area (Å²) in [6.45, 7) is -3.83. The van der Waals surface area contributed by atoms with Crippen LogP contribution in [0.3, 0.4) is 0 Å². The molecule has 540 valence electrons. The van der Waals surface area contributed by atoms with Gasteiger partial charge in [0.1, 0.15) is 0 Å². The molecule has 12 aromatic rings. The van der Waals surface area contributed by atoms with Crippen molar-refractivity contribution in [2.45, 2.75) is 20.8 Å². The molecule has 0 aliphatic heterocycles. The SMILES string of the molecule is Cc1cc2ccccc2[c-]1B(c1c(F)c(F)c(F)c(F)c1F)c1c(F)c(F)c(F)c(F)c1F.Cc1cc2ccccc2[c-]1B(c1c(F)c(F)c(F)c(F)c1F)c1c(F)c(F)c(F)c(F)c1F.Cc1cc2ccccc2[c-]1B(c1c(F)c(F)c(F)c(F)c1F)c1c(F)c(F)c(F)c(F)c1F.[Cl-].[Cl-].[Cl-].[Zr+2].[Zr+2].[Zr+2]. The van der Waals surface area contributed by atoms with Crippen LogP contribution >= 0.6 is 0 Å². The zero-order valence-electron chi connectivity index (χ0n) is 51.4. The van der Waals surface area contributed by atoms with Gasteiger partial charge in [0.15, 0.2) is 175 Å². The fourth-order valence-corrected chi connectivity index (χ4v) is 11.9. The fourth-order valence-electron chi connectivity index (χ4n) is 11.9. The van der Waals surface area contributed by atoms with Crippen LogP contribution in [0.2, 0.25) is 0 Å². The number of aryl methyl sites for hydroxylation is 3. The van der Waals surface area contributed by atoms with Crippen LogP contribution in [0, 0.1) is 195 Å². The van der Waals surface area contributed by atoms with Gasteiger partial charge < -0.3 is 37.2 Å². The monoisotopic (exact) mass is 1790 g/mol. The Kier molecular flexibility index (Phi) is 30.1. The Labute approximate surface area is 647 Å². The summed E-state index contributed by atoms with van der Waals surface area (Å²) in [7, 11) is 0. The minimum Gasteiger partial charge on any atom is -1.00 e. The van der Waals surface area contributed by atoms with Crippen LogP contribution in [-0.4, -0.2) is 20.1 Å². The van der Waals surface area contributed by atoms with Gasteiger partial charge in [0.05, 0.1) is 0 Å². The minimum atomic E-state index is -2.57. The van der Waals surface area contributed by atoms with Gasteiger partial charge >= 0.3 is 78.6 Å². The van der Waals surface area contributed by atoms with Crippen molar-refractivity contribution in [1.82, 2.24) is 0 Å². The van der Waals surface area contributed by atoms with E-state index in [1.54, 1.807) is 0 Å². The van der Waals surface area contributed by atoms with Gasteiger partial charge in [-0.3, -0.25) is 0 Å². The first-order chi connectivity index (χ1) is 46.5. The molecule has 0 radical (unpaired) electrons. The normalized spacial score (nSPS) is 10.8. The van der Waals surface area contributed by atoms with E-state index in [0.29, 0.717) is 16.2 Å². The van der Waals surface area contributed by atoms with E-state index < -0.39 is 244 Å². The first-order valence-corrected chi connectivity index (χ1v) is 27.5. The first-order valence-electron chi connectivity index (χ1n) is 27.5. The van der Waals surface area contributed by atoms with Crippen molar-refractivity contribution in [3.8, 4) is 0 Å². The summed E-state index contributed by atoms with van der Waals surface area (Å²) in [4.78, 5) is 0. The maximum absolute atomic E-state index is 14.8. The smallest absolute Gasteiger partial charge is 1.00 e. The van der Waals surface area contributed by atoms with Gasteiger partial charge in [-0.15, -0.1) is 104 Å². The molecule has 0 unspecified atom stereocenters. The van der Waals surface area contributed by atoms with E-state index in [-0.39, 0.29) is 149 Å². The topological polar surface area (TPSA) is 0 Å². The molecular weight excluding hydrogens is 1780 g/mol. The van der Waals surface area contributed by atoms with Crippen LogP contribution in [0.5, 0.6) is 0 Å². The molecule has 12 rings (SSSR count). The molecule has 0 amide bonds. The van der Waals surface area contributed by atoms with E-state index >= 15 is 0 Å². The van der Waals surface area contributed by atoms with E-state index in [2.05, 4.69) is 0 Å². The van der Waals surface area contributed by atoms with Gasteiger partial charge in [0.2, 0.25) is 20.1 Å². The maximum Gasteiger partial charge on any atom is 2.00 e. The van der Waals surface area contributed by atoms with Crippen molar-refractivity contribution in [3.63, 3.8) is 0 Å². The molecule has 0 saturated heterocycles. The summed E-state index contributed by atoms with van der Waals surface area (Å²) in [5, 5.41) is 1.15. The standard InChI is InChI=1S/3C22H8BF10.3ClH.3Zr/c3*1-7-6-8-4-2-3-5-9(8)10(7)23(11-13(24)17(28)21(32)18(29)14(11)25)12-15(26)19(30)22(33)20(31)16(12)27;;;;;;/h3*2-6H,1H3;3*1H;;;/q3*-1;;;;3*+2/p-3. The molecule has 39 heteroatoms. The van der Waals surface area contributed by atoms with Crippen molar-refractivity contribution in [2.24, 2.45) is 0 Å². The first kappa shape index (κ1) is 90.8. The van der Waals surface area contributed by atoms with E-state index in [9.17, 15) is 132 Å². The minimum absolute atomic E-state index is 0. The summed E-state index contributed by atoms with van der Waals surface area (Å²) in [5.74, 6) is -74.2. The maximum atomic E-state index is 14.8. The number of hydrogen-bond donors (Lipinski definition) is 0. The van der Waals surface area contributed by atoms with Crippen LogP contribution in [0.15, 0.2) is 91.0 Å².